The molecule has 3 heterocycles. The van der Waals surface area contributed by atoms with Crippen molar-refractivity contribution in [3.63, 3.8) is 0 Å². The quantitative estimate of drug-likeness (QED) is 0.232. The predicted octanol–water partition coefficient (Wildman–Crippen LogP) is 7.43. The van der Waals surface area contributed by atoms with Gasteiger partial charge in [-0.05, 0) is 106 Å². The smallest absolute Gasteiger partial charge is 0.410 e. The molecular weight excluding hydrogens is 618 g/mol. The lowest BCUT2D eigenvalue weighted by molar-refractivity contribution is -0.124. The molecule has 0 radical (unpaired) electrons. The van der Waals surface area contributed by atoms with Crippen molar-refractivity contribution in [2.24, 2.45) is 11.8 Å². The highest BCUT2D eigenvalue weighted by Crippen LogP contribution is 2.39. The number of nitrogens with zero attached hydrogens (tertiary/aromatic N) is 5. The lowest BCUT2D eigenvalue weighted by Gasteiger charge is -2.36. The van der Waals surface area contributed by atoms with E-state index in [4.69, 9.17) is 23.9 Å². The number of aromatic nitrogens is 2. The van der Waals surface area contributed by atoms with E-state index in [2.05, 4.69) is 50.9 Å². The van der Waals surface area contributed by atoms with E-state index < -0.39 is 0 Å². The van der Waals surface area contributed by atoms with Crippen molar-refractivity contribution in [2.75, 3.05) is 51.8 Å². The number of hydrogen-bond acceptors (Lipinski definition) is 8. The molecule has 0 bridgehead atoms. The molecule has 3 aromatic rings. The maximum absolute atomic E-state index is 14.4. The molecule has 49 heavy (non-hydrogen) atoms. The number of rotatable bonds is 9. The minimum Gasteiger partial charge on any atom is -0.496 e. The zero-order valence-corrected chi connectivity index (χ0v) is 29.9. The number of carbonyl (C=O) groups is 2. The van der Waals surface area contributed by atoms with E-state index in [1.165, 1.54) is 11.1 Å². The molecule has 2 amide bonds. The fourth-order valence-corrected chi connectivity index (χ4v) is 7.65. The lowest BCUT2D eigenvalue weighted by atomic mass is 9.78. The number of ether oxygens (including phenoxy) is 2. The van der Waals surface area contributed by atoms with Crippen LogP contribution in [0, 0.1) is 18.8 Å². The van der Waals surface area contributed by atoms with Crippen molar-refractivity contribution in [3.8, 4) is 17.0 Å². The van der Waals surface area contributed by atoms with E-state index in [1.54, 1.807) is 24.5 Å². The number of aryl methyl sites for hydroxylation is 1. The van der Waals surface area contributed by atoms with Gasteiger partial charge in [0.2, 0.25) is 5.91 Å². The van der Waals surface area contributed by atoms with Gasteiger partial charge in [0.15, 0.2) is 5.89 Å². The SMILES string of the molecule is COc1ccc(C2CCC(CN(C(=O)C3CCC(OC(=O)N4CCN(C)CC4)CC3)c3cc(-c4coc(C(C)C)n4)ccn3)CC2)cc1C. The topological polar surface area (TPSA) is 101 Å². The molecular formula is C39H53N5O5. The highest BCUT2D eigenvalue weighted by Gasteiger charge is 2.35. The second-order valence-corrected chi connectivity index (χ2v) is 14.7. The molecule has 10 nitrogen and oxygen atoms in total. The average Bonchev–Trinajstić information content (AvgIpc) is 3.63. The summed E-state index contributed by atoms with van der Waals surface area (Å²) in [6, 6.07) is 10.5. The average molecular weight is 672 g/mol. The largest absolute Gasteiger partial charge is 0.496 e. The van der Waals surface area contributed by atoms with E-state index in [0.717, 1.165) is 55.8 Å². The molecule has 2 saturated carbocycles. The zero-order chi connectivity index (χ0) is 34.5. The third-order valence-electron chi connectivity index (χ3n) is 10.8. The number of piperazine rings is 1. The van der Waals surface area contributed by atoms with Crippen LogP contribution >= 0.6 is 0 Å². The molecule has 0 atom stereocenters. The molecule has 0 N–H and O–H groups in total. The van der Waals surface area contributed by atoms with E-state index in [1.807, 2.05) is 17.0 Å². The summed E-state index contributed by atoms with van der Waals surface area (Å²) in [6.45, 7) is 9.96. The van der Waals surface area contributed by atoms with Gasteiger partial charge >= 0.3 is 6.09 Å². The minimum absolute atomic E-state index is 0.115. The first-order valence-corrected chi connectivity index (χ1v) is 18.2. The maximum atomic E-state index is 14.4. The van der Waals surface area contributed by atoms with Gasteiger partial charge in [0, 0.05) is 56.3 Å². The van der Waals surface area contributed by atoms with Gasteiger partial charge in [-0.3, -0.25) is 9.69 Å². The van der Waals surface area contributed by atoms with Crippen LogP contribution in [0.3, 0.4) is 0 Å². The molecule has 1 aliphatic heterocycles. The van der Waals surface area contributed by atoms with Crippen molar-refractivity contribution < 1.29 is 23.5 Å². The Labute approximate surface area is 291 Å². The van der Waals surface area contributed by atoms with Gasteiger partial charge in [-0.1, -0.05) is 26.0 Å². The standard InChI is InChI=1S/C39H53N5O5/c1-26(2)37-41-34(25-48-37)32-16-17-40-36(23-32)44(24-28-6-8-29(9-7-28)31-12-15-35(47-5)27(3)22-31)38(45)30-10-13-33(14-11-30)49-39(46)43-20-18-42(4)19-21-43/h12,15-17,22-23,25-26,28-30,33H,6-11,13-14,18-21,24H2,1-5H3. The van der Waals surface area contributed by atoms with Gasteiger partial charge in [0.25, 0.3) is 0 Å². The number of oxazole rings is 1. The van der Waals surface area contributed by atoms with Crippen molar-refractivity contribution in [3.05, 3.63) is 59.8 Å². The number of benzene rings is 1. The second-order valence-electron chi connectivity index (χ2n) is 14.7. The van der Waals surface area contributed by atoms with Crippen LogP contribution in [-0.4, -0.2) is 84.8 Å². The highest BCUT2D eigenvalue weighted by atomic mass is 16.6. The maximum Gasteiger partial charge on any atom is 0.410 e. The van der Waals surface area contributed by atoms with Crippen molar-refractivity contribution >= 4 is 17.8 Å². The molecule has 3 fully saturated rings. The summed E-state index contributed by atoms with van der Waals surface area (Å²) in [5, 5.41) is 0. The molecule has 10 heteroatoms. The van der Waals surface area contributed by atoms with Gasteiger partial charge in [0.1, 0.15) is 29.6 Å². The predicted molar refractivity (Wildman–Crippen MR) is 190 cm³/mol. The Kier molecular flexibility index (Phi) is 11.2. The Balaban J connectivity index is 1.14. The van der Waals surface area contributed by atoms with Crippen LogP contribution in [-0.2, 0) is 9.53 Å². The zero-order valence-electron chi connectivity index (χ0n) is 29.9. The number of anilines is 1. The van der Waals surface area contributed by atoms with Crippen molar-refractivity contribution in [1.82, 2.24) is 19.8 Å². The van der Waals surface area contributed by atoms with Crippen LogP contribution in [0.15, 0.2) is 47.2 Å². The van der Waals surface area contributed by atoms with Gasteiger partial charge in [-0.15, -0.1) is 0 Å². The van der Waals surface area contributed by atoms with E-state index in [9.17, 15) is 9.59 Å². The van der Waals surface area contributed by atoms with Crippen molar-refractivity contribution in [2.45, 2.75) is 90.1 Å². The summed E-state index contributed by atoms with van der Waals surface area (Å²) >= 11 is 0. The summed E-state index contributed by atoms with van der Waals surface area (Å²) in [5.74, 6) is 3.33. The third-order valence-corrected chi connectivity index (χ3v) is 10.8. The summed E-state index contributed by atoms with van der Waals surface area (Å²) in [7, 11) is 3.79. The van der Waals surface area contributed by atoms with Crippen molar-refractivity contribution in [1.29, 1.82) is 0 Å². The molecule has 264 valence electrons. The number of methoxy groups -OCH3 is 1. The second kappa shape index (κ2) is 15.7. The normalized spacial score (nSPS) is 23.3. The van der Waals surface area contributed by atoms with Crippen LogP contribution in [0.25, 0.3) is 11.3 Å². The van der Waals surface area contributed by atoms with E-state index in [-0.39, 0.29) is 29.9 Å². The monoisotopic (exact) mass is 671 g/mol. The summed E-state index contributed by atoms with van der Waals surface area (Å²) in [4.78, 5) is 42.7. The van der Waals surface area contributed by atoms with E-state index in [0.29, 0.717) is 68.9 Å². The molecule has 0 spiro atoms. The highest BCUT2D eigenvalue weighted by molar-refractivity contribution is 5.94. The Morgan fingerprint density at radius 3 is 2.37 bits per heavy atom. The number of pyridine rings is 1. The van der Waals surface area contributed by atoms with Crippen LogP contribution in [0.5, 0.6) is 5.75 Å². The number of hydrogen-bond donors (Lipinski definition) is 0. The molecule has 6 rings (SSSR count). The first-order chi connectivity index (χ1) is 23.7. The van der Waals surface area contributed by atoms with Gasteiger partial charge in [-0.2, -0.15) is 0 Å². The molecule has 1 aromatic carbocycles. The summed E-state index contributed by atoms with van der Waals surface area (Å²) in [6.07, 6.45) is 10.1. The Hall–Kier alpha value is -3.92. The summed E-state index contributed by atoms with van der Waals surface area (Å²) < 4.78 is 17.1. The first kappa shape index (κ1) is 34.9. The van der Waals surface area contributed by atoms with Crippen LogP contribution in [0.1, 0.15) is 94.1 Å². The lowest BCUT2D eigenvalue weighted by Crippen LogP contribution is -2.48. The molecule has 2 aliphatic carbocycles. The Morgan fingerprint density at radius 2 is 1.71 bits per heavy atom. The van der Waals surface area contributed by atoms with Crippen LogP contribution in [0.2, 0.25) is 0 Å². The number of amides is 2. The fraction of sp³-hybridized carbons (Fsp3) is 0.590. The van der Waals surface area contributed by atoms with Gasteiger partial charge in [-0.25, -0.2) is 14.8 Å². The Bertz CT molecular complexity index is 1570. The van der Waals surface area contributed by atoms with Crippen LogP contribution < -0.4 is 9.64 Å². The molecule has 3 aliphatic rings. The molecule has 1 saturated heterocycles. The number of likely N-dealkylation sites (N-methyl/N-ethyl adjacent to an activating group) is 1. The summed E-state index contributed by atoms with van der Waals surface area (Å²) in [5.41, 5.74) is 4.17. The third kappa shape index (κ3) is 8.46. The van der Waals surface area contributed by atoms with E-state index >= 15 is 0 Å². The molecule has 0 unspecified atom stereocenters. The van der Waals surface area contributed by atoms with Gasteiger partial charge < -0.3 is 23.7 Å². The number of carbonyl (C=O) groups excluding carboxylic acids is 2. The van der Waals surface area contributed by atoms with Crippen LogP contribution in [0.4, 0.5) is 10.6 Å². The fourth-order valence-electron chi connectivity index (χ4n) is 7.65. The Morgan fingerprint density at radius 1 is 0.980 bits per heavy atom. The minimum atomic E-state index is -0.223. The molecule has 2 aromatic heterocycles. The first-order valence-electron chi connectivity index (χ1n) is 18.2. The van der Waals surface area contributed by atoms with Gasteiger partial charge in [0.05, 0.1) is 7.11 Å².